The highest BCUT2D eigenvalue weighted by Gasteiger charge is 2.47. The molecule has 1 saturated heterocycles. The van der Waals surface area contributed by atoms with E-state index in [4.69, 9.17) is 10.1 Å². The lowest BCUT2D eigenvalue weighted by atomic mass is 9.81. The van der Waals surface area contributed by atoms with Gasteiger partial charge in [-0.3, -0.25) is 15.5 Å². The Hall–Kier alpha value is -3.93. The summed E-state index contributed by atoms with van der Waals surface area (Å²) in [5.41, 5.74) is 2.35. The maximum atomic E-state index is 13.0. The summed E-state index contributed by atoms with van der Waals surface area (Å²) >= 11 is 0. The zero-order chi connectivity index (χ0) is 20.4. The molecule has 1 heterocycles. The number of rotatable bonds is 4. The summed E-state index contributed by atoms with van der Waals surface area (Å²) < 4.78 is 4.81. The van der Waals surface area contributed by atoms with Crippen LogP contribution in [0.2, 0.25) is 0 Å². The van der Waals surface area contributed by atoms with Crippen LogP contribution in [0.1, 0.15) is 21.5 Å². The summed E-state index contributed by atoms with van der Waals surface area (Å²) in [6.45, 7) is 0. The molecule has 29 heavy (non-hydrogen) atoms. The molecule has 0 bridgehead atoms. The van der Waals surface area contributed by atoms with Crippen molar-refractivity contribution in [2.45, 2.75) is 5.54 Å². The number of carbonyl (C=O) groups excluding carboxylic acids is 2. The minimum Gasteiger partial charge on any atom is -0.465 e. The van der Waals surface area contributed by atoms with Crippen molar-refractivity contribution in [3.05, 3.63) is 95.6 Å². The van der Waals surface area contributed by atoms with E-state index in [1.54, 1.807) is 18.2 Å². The van der Waals surface area contributed by atoms with Gasteiger partial charge in [0, 0.05) is 0 Å². The van der Waals surface area contributed by atoms with Crippen LogP contribution in [0.15, 0.2) is 78.9 Å². The van der Waals surface area contributed by atoms with Crippen LogP contribution in [-0.4, -0.2) is 24.9 Å². The normalized spacial score (nSPS) is 18.1. The predicted octanol–water partition coefficient (Wildman–Crippen LogP) is 3.04. The molecule has 3 aromatic carbocycles. The van der Waals surface area contributed by atoms with Crippen molar-refractivity contribution in [3.8, 4) is 11.1 Å². The van der Waals surface area contributed by atoms with Crippen molar-refractivity contribution in [2.24, 2.45) is 0 Å². The zero-order valence-electron chi connectivity index (χ0n) is 15.7. The van der Waals surface area contributed by atoms with Crippen molar-refractivity contribution < 1.29 is 14.3 Å². The number of guanidine groups is 1. The summed E-state index contributed by atoms with van der Waals surface area (Å²) in [4.78, 5) is 24.8. The molecule has 1 aliphatic heterocycles. The summed E-state index contributed by atoms with van der Waals surface area (Å²) in [6, 6.07) is 24.0. The molecule has 6 nitrogen and oxygen atoms in total. The Morgan fingerprint density at radius 1 is 0.897 bits per heavy atom. The second kappa shape index (κ2) is 7.24. The number of esters is 1. The van der Waals surface area contributed by atoms with E-state index in [1.807, 2.05) is 60.7 Å². The SMILES string of the molecule is COC(=O)c1cccc(-c2cccc(C3(c4ccccc4)NC(=N)NC3=O)c2)c1. The summed E-state index contributed by atoms with van der Waals surface area (Å²) in [5, 5.41) is 13.5. The van der Waals surface area contributed by atoms with Gasteiger partial charge in [-0.25, -0.2) is 4.79 Å². The molecule has 3 aromatic rings. The fourth-order valence-electron chi connectivity index (χ4n) is 3.62. The van der Waals surface area contributed by atoms with Crippen LogP contribution >= 0.6 is 0 Å². The van der Waals surface area contributed by atoms with Crippen LogP contribution < -0.4 is 10.6 Å². The Morgan fingerprint density at radius 2 is 1.55 bits per heavy atom. The van der Waals surface area contributed by atoms with Gasteiger partial charge in [-0.05, 0) is 40.5 Å². The van der Waals surface area contributed by atoms with Gasteiger partial charge in [0.05, 0.1) is 12.7 Å². The molecule has 1 atom stereocenters. The predicted molar refractivity (Wildman–Crippen MR) is 109 cm³/mol. The van der Waals surface area contributed by atoms with Crippen molar-refractivity contribution in [2.75, 3.05) is 7.11 Å². The van der Waals surface area contributed by atoms with Crippen LogP contribution in [0.25, 0.3) is 11.1 Å². The summed E-state index contributed by atoms with van der Waals surface area (Å²) in [5.74, 6) is -0.764. The van der Waals surface area contributed by atoms with Crippen molar-refractivity contribution in [1.29, 1.82) is 5.41 Å². The van der Waals surface area contributed by atoms with Crippen LogP contribution in [0.4, 0.5) is 0 Å². The highest BCUT2D eigenvalue weighted by Crippen LogP contribution is 2.35. The van der Waals surface area contributed by atoms with E-state index >= 15 is 0 Å². The van der Waals surface area contributed by atoms with E-state index in [9.17, 15) is 9.59 Å². The summed E-state index contributed by atoms with van der Waals surface area (Å²) in [6.07, 6.45) is 0. The Labute approximate surface area is 168 Å². The standard InChI is InChI=1S/C23H19N3O3/c1-29-20(27)17-9-5-7-15(13-17)16-8-6-12-19(14-16)23(18-10-3-2-4-11-18)21(28)25-22(24)26-23/h2-14H,1H3,(H3,24,25,26,28). The van der Waals surface area contributed by atoms with E-state index in [-0.39, 0.29) is 11.9 Å². The number of carbonyl (C=O) groups is 2. The van der Waals surface area contributed by atoms with Gasteiger partial charge in [0.15, 0.2) is 11.5 Å². The quantitative estimate of drug-likeness (QED) is 0.602. The first-order chi connectivity index (χ1) is 14.0. The van der Waals surface area contributed by atoms with Gasteiger partial charge in [-0.15, -0.1) is 0 Å². The van der Waals surface area contributed by atoms with E-state index < -0.39 is 11.5 Å². The molecule has 0 aromatic heterocycles. The molecule has 1 unspecified atom stereocenters. The second-order valence-electron chi connectivity index (χ2n) is 6.72. The van der Waals surface area contributed by atoms with Gasteiger partial charge in [0.2, 0.25) is 0 Å². The Morgan fingerprint density at radius 3 is 2.21 bits per heavy atom. The topological polar surface area (TPSA) is 91.3 Å². The van der Waals surface area contributed by atoms with E-state index in [2.05, 4.69) is 10.6 Å². The molecule has 3 N–H and O–H groups in total. The molecule has 6 heteroatoms. The van der Waals surface area contributed by atoms with Gasteiger partial charge in [-0.2, -0.15) is 0 Å². The third-order valence-corrected chi connectivity index (χ3v) is 5.01. The molecular formula is C23H19N3O3. The minimum atomic E-state index is -1.20. The highest BCUT2D eigenvalue weighted by atomic mass is 16.5. The van der Waals surface area contributed by atoms with E-state index in [1.165, 1.54) is 7.11 Å². The minimum absolute atomic E-state index is 0.0445. The van der Waals surface area contributed by atoms with E-state index in [0.717, 1.165) is 16.7 Å². The van der Waals surface area contributed by atoms with Crippen molar-refractivity contribution in [1.82, 2.24) is 10.6 Å². The number of methoxy groups -OCH3 is 1. The third kappa shape index (κ3) is 3.14. The first-order valence-electron chi connectivity index (χ1n) is 9.07. The molecule has 1 aliphatic rings. The number of benzene rings is 3. The molecule has 1 amide bonds. The average Bonchev–Trinajstić information content (AvgIpc) is 3.08. The maximum absolute atomic E-state index is 13.0. The lowest BCUT2D eigenvalue weighted by Gasteiger charge is -2.28. The molecule has 1 fully saturated rings. The molecule has 4 rings (SSSR count). The molecule has 0 aliphatic carbocycles. The monoisotopic (exact) mass is 385 g/mol. The fourth-order valence-corrected chi connectivity index (χ4v) is 3.62. The third-order valence-electron chi connectivity index (χ3n) is 5.01. The van der Waals surface area contributed by atoms with Crippen LogP contribution in [0, 0.1) is 5.41 Å². The number of hydrogen-bond acceptors (Lipinski definition) is 4. The molecule has 144 valence electrons. The molecular weight excluding hydrogens is 366 g/mol. The molecule has 0 radical (unpaired) electrons. The van der Waals surface area contributed by atoms with Crippen LogP contribution in [-0.2, 0) is 15.1 Å². The molecule has 0 spiro atoms. The Bertz CT molecular complexity index is 1110. The number of nitrogens with one attached hydrogen (secondary N) is 3. The van der Waals surface area contributed by atoms with Crippen LogP contribution in [0.5, 0.6) is 0 Å². The summed E-state index contributed by atoms with van der Waals surface area (Å²) in [7, 11) is 1.35. The van der Waals surface area contributed by atoms with Gasteiger partial charge < -0.3 is 10.1 Å². The van der Waals surface area contributed by atoms with Crippen molar-refractivity contribution >= 4 is 17.8 Å². The fraction of sp³-hybridized carbons (Fsp3) is 0.0870. The first-order valence-corrected chi connectivity index (χ1v) is 9.07. The molecule has 0 saturated carbocycles. The highest BCUT2D eigenvalue weighted by molar-refractivity contribution is 6.10. The second-order valence-corrected chi connectivity index (χ2v) is 6.72. The maximum Gasteiger partial charge on any atom is 0.337 e. The Kier molecular flexibility index (Phi) is 4.60. The van der Waals surface area contributed by atoms with Gasteiger partial charge in [0.1, 0.15) is 0 Å². The number of amides is 1. The van der Waals surface area contributed by atoms with Gasteiger partial charge in [0.25, 0.3) is 5.91 Å². The lowest BCUT2D eigenvalue weighted by Crippen LogP contribution is -2.44. The van der Waals surface area contributed by atoms with E-state index in [0.29, 0.717) is 11.1 Å². The first kappa shape index (κ1) is 18.4. The average molecular weight is 385 g/mol. The number of ether oxygens (including phenoxy) is 1. The van der Waals surface area contributed by atoms with Gasteiger partial charge >= 0.3 is 5.97 Å². The van der Waals surface area contributed by atoms with Crippen molar-refractivity contribution in [3.63, 3.8) is 0 Å². The van der Waals surface area contributed by atoms with Gasteiger partial charge in [-0.1, -0.05) is 60.7 Å². The van der Waals surface area contributed by atoms with Crippen LogP contribution in [0.3, 0.4) is 0 Å². The zero-order valence-corrected chi connectivity index (χ0v) is 15.7. The largest absolute Gasteiger partial charge is 0.465 e. The lowest BCUT2D eigenvalue weighted by molar-refractivity contribution is -0.122. The Balaban J connectivity index is 1.85. The smallest absolute Gasteiger partial charge is 0.337 e. The number of hydrogen-bond donors (Lipinski definition) is 3.